The Bertz CT molecular complexity index is 482. The Kier molecular flexibility index (Phi) is 4.25. The van der Waals surface area contributed by atoms with Crippen LogP contribution in [0.25, 0.3) is 0 Å². The van der Waals surface area contributed by atoms with Gasteiger partial charge in [-0.15, -0.1) is 0 Å². The summed E-state index contributed by atoms with van der Waals surface area (Å²) in [4.78, 5) is 25.5. The molecule has 1 N–H and O–H groups in total. The number of hydrogen-bond acceptors (Lipinski definition) is 4. The molecule has 0 bridgehead atoms. The van der Waals surface area contributed by atoms with E-state index in [0.29, 0.717) is 18.3 Å². The molecule has 1 heterocycles. The predicted octanol–water partition coefficient (Wildman–Crippen LogP) is 0.542. The Hall–Kier alpha value is -1.85. The normalized spacial score (nSPS) is 11.4. The Morgan fingerprint density at radius 1 is 1.53 bits per heavy atom. The number of nitrogens with zero attached hydrogens (tertiary/aromatic N) is 3. The quantitative estimate of drug-likeness (QED) is 0.615. The molecule has 0 unspecified atom stereocenters. The lowest BCUT2D eigenvalue weighted by atomic mass is 10.3. The Morgan fingerprint density at radius 2 is 2.18 bits per heavy atom. The largest absolute Gasteiger partial charge is 0.329 e. The molecule has 1 aromatic rings. The minimum Gasteiger partial charge on any atom is -0.292 e. The maximum Gasteiger partial charge on any atom is 0.329 e. The van der Waals surface area contributed by atoms with Crippen molar-refractivity contribution in [2.45, 2.75) is 20.8 Å². The number of rotatable bonds is 4. The second kappa shape index (κ2) is 5.47. The average Bonchev–Trinajstić information content (AvgIpc) is 2.26. The van der Waals surface area contributed by atoms with Crippen molar-refractivity contribution in [3.8, 4) is 0 Å². The number of nitrogens with one attached hydrogen (secondary N) is 1. The van der Waals surface area contributed by atoms with Crippen molar-refractivity contribution in [2.75, 3.05) is 11.6 Å². The maximum absolute atomic E-state index is 11.5. The number of aromatic amines is 1. The molecule has 0 amide bonds. The van der Waals surface area contributed by atoms with E-state index >= 15 is 0 Å². The van der Waals surface area contributed by atoms with Gasteiger partial charge in [-0.1, -0.05) is 13.8 Å². The van der Waals surface area contributed by atoms with E-state index in [1.807, 2.05) is 20.8 Å². The number of hydrogen-bond donors (Lipinski definition) is 1. The molecule has 0 spiro atoms. The van der Waals surface area contributed by atoms with Crippen LogP contribution in [0.3, 0.4) is 0 Å². The number of anilines is 1. The van der Waals surface area contributed by atoms with Gasteiger partial charge in [0.2, 0.25) is 0 Å². The molecule has 0 radical (unpaired) electrons. The molecular formula is C11H18N4O2. The van der Waals surface area contributed by atoms with Crippen LogP contribution in [0.2, 0.25) is 0 Å². The Labute approximate surface area is 99.6 Å². The van der Waals surface area contributed by atoms with Crippen LogP contribution in [0, 0.1) is 5.92 Å². The van der Waals surface area contributed by atoms with Crippen molar-refractivity contribution < 1.29 is 0 Å². The molecule has 0 aliphatic carbocycles. The van der Waals surface area contributed by atoms with Crippen molar-refractivity contribution in [1.29, 1.82) is 0 Å². The summed E-state index contributed by atoms with van der Waals surface area (Å²) in [5, 5.41) is 5.80. The van der Waals surface area contributed by atoms with Gasteiger partial charge in [-0.2, -0.15) is 5.10 Å². The van der Waals surface area contributed by atoms with E-state index in [1.165, 1.54) is 13.1 Å². The molecule has 0 atom stereocenters. The highest BCUT2D eigenvalue weighted by molar-refractivity contribution is 5.61. The zero-order chi connectivity index (χ0) is 13.0. The average molecular weight is 238 g/mol. The van der Waals surface area contributed by atoms with E-state index in [9.17, 15) is 9.59 Å². The molecule has 94 valence electrons. The van der Waals surface area contributed by atoms with Crippen molar-refractivity contribution in [3.63, 3.8) is 0 Å². The number of hydrazone groups is 1. The molecule has 1 aromatic heterocycles. The van der Waals surface area contributed by atoms with Gasteiger partial charge >= 0.3 is 5.69 Å². The van der Waals surface area contributed by atoms with Crippen LogP contribution in [0.15, 0.2) is 20.8 Å². The van der Waals surface area contributed by atoms with Gasteiger partial charge in [-0.3, -0.25) is 14.3 Å². The molecule has 0 aliphatic rings. The second-order valence-electron chi connectivity index (χ2n) is 4.08. The van der Waals surface area contributed by atoms with Gasteiger partial charge in [0, 0.05) is 25.9 Å². The first-order chi connectivity index (χ1) is 7.95. The number of aromatic nitrogens is 2. The van der Waals surface area contributed by atoms with Crippen molar-refractivity contribution in [3.05, 3.63) is 26.9 Å². The summed E-state index contributed by atoms with van der Waals surface area (Å²) in [7, 11) is 1.43. The van der Waals surface area contributed by atoms with E-state index in [1.54, 1.807) is 11.2 Å². The minimum atomic E-state index is -0.439. The van der Waals surface area contributed by atoms with E-state index in [-0.39, 0.29) is 5.56 Å². The third-order valence-electron chi connectivity index (χ3n) is 2.21. The summed E-state index contributed by atoms with van der Waals surface area (Å²) in [6.07, 6.45) is 1.76. The van der Waals surface area contributed by atoms with Crippen LogP contribution < -0.4 is 16.3 Å². The van der Waals surface area contributed by atoms with Crippen LogP contribution in [-0.4, -0.2) is 22.3 Å². The van der Waals surface area contributed by atoms with Gasteiger partial charge in [-0.25, -0.2) is 9.80 Å². The fraction of sp³-hybridized carbons (Fsp3) is 0.545. The standard InChI is InChI=1S/C11H18N4O2/c1-5-15(12-7-8(2)3)9-6-10(16)14(4)11(17)13-9/h6-8H,5H2,1-4H3,(H,13,17)/b12-7-. The highest BCUT2D eigenvalue weighted by Crippen LogP contribution is 2.05. The third-order valence-corrected chi connectivity index (χ3v) is 2.21. The molecule has 17 heavy (non-hydrogen) atoms. The third kappa shape index (κ3) is 3.30. The molecule has 1 rings (SSSR count). The van der Waals surface area contributed by atoms with Gasteiger partial charge in [0.15, 0.2) is 0 Å². The van der Waals surface area contributed by atoms with E-state index in [2.05, 4.69) is 10.1 Å². The topological polar surface area (TPSA) is 70.5 Å². The Morgan fingerprint density at radius 3 is 2.65 bits per heavy atom. The van der Waals surface area contributed by atoms with Crippen LogP contribution in [-0.2, 0) is 7.05 Å². The molecule has 6 heteroatoms. The summed E-state index contributed by atoms with van der Waals surface area (Å²) in [5.41, 5.74) is -0.785. The smallest absolute Gasteiger partial charge is 0.292 e. The fourth-order valence-corrected chi connectivity index (χ4v) is 1.21. The van der Waals surface area contributed by atoms with E-state index in [0.717, 1.165) is 4.57 Å². The lowest BCUT2D eigenvalue weighted by molar-refractivity contribution is 0.753. The Balaban J connectivity index is 3.13. The van der Waals surface area contributed by atoms with Crippen LogP contribution >= 0.6 is 0 Å². The molecule has 0 aliphatic heterocycles. The lowest BCUT2D eigenvalue weighted by Crippen LogP contribution is -2.34. The van der Waals surface area contributed by atoms with Gasteiger partial charge in [0.25, 0.3) is 5.56 Å². The monoisotopic (exact) mass is 238 g/mol. The van der Waals surface area contributed by atoms with E-state index < -0.39 is 5.69 Å². The number of H-pyrrole nitrogens is 1. The summed E-state index contributed by atoms with van der Waals surface area (Å²) in [6, 6.07) is 1.36. The second-order valence-corrected chi connectivity index (χ2v) is 4.08. The summed E-state index contributed by atoms with van der Waals surface area (Å²) in [5.74, 6) is 0.722. The summed E-state index contributed by atoms with van der Waals surface area (Å²) >= 11 is 0. The zero-order valence-corrected chi connectivity index (χ0v) is 10.6. The molecule has 0 saturated heterocycles. The van der Waals surface area contributed by atoms with Gasteiger partial charge in [-0.05, 0) is 12.8 Å². The van der Waals surface area contributed by atoms with Gasteiger partial charge < -0.3 is 0 Å². The highest BCUT2D eigenvalue weighted by Gasteiger charge is 2.06. The lowest BCUT2D eigenvalue weighted by Gasteiger charge is -2.16. The van der Waals surface area contributed by atoms with Gasteiger partial charge in [0.05, 0.1) is 0 Å². The SMILES string of the molecule is CCN(/N=C\C(C)C)c1cc(=O)n(C)c(=O)[nH]1. The predicted molar refractivity (Wildman–Crippen MR) is 68.7 cm³/mol. The fourth-order valence-electron chi connectivity index (χ4n) is 1.21. The van der Waals surface area contributed by atoms with E-state index in [4.69, 9.17) is 0 Å². The zero-order valence-electron chi connectivity index (χ0n) is 10.6. The van der Waals surface area contributed by atoms with Crippen LogP contribution in [0.1, 0.15) is 20.8 Å². The first-order valence-corrected chi connectivity index (χ1v) is 5.57. The molecule has 0 saturated carbocycles. The molecule has 0 aromatic carbocycles. The molecule has 6 nitrogen and oxygen atoms in total. The van der Waals surface area contributed by atoms with Crippen molar-refractivity contribution in [1.82, 2.24) is 9.55 Å². The highest BCUT2D eigenvalue weighted by atomic mass is 16.2. The van der Waals surface area contributed by atoms with Crippen molar-refractivity contribution in [2.24, 2.45) is 18.1 Å². The maximum atomic E-state index is 11.5. The summed E-state index contributed by atoms with van der Waals surface area (Å²) in [6.45, 7) is 6.48. The minimum absolute atomic E-state index is 0.308. The first-order valence-electron chi connectivity index (χ1n) is 5.57. The van der Waals surface area contributed by atoms with Gasteiger partial charge in [0.1, 0.15) is 5.82 Å². The summed E-state index contributed by atoms with van der Waals surface area (Å²) < 4.78 is 1.02. The molecule has 0 fully saturated rings. The molecular weight excluding hydrogens is 220 g/mol. The van der Waals surface area contributed by atoms with Crippen LogP contribution in [0.4, 0.5) is 5.82 Å². The van der Waals surface area contributed by atoms with Crippen molar-refractivity contribution >= 4 is 12.0 Å². The van der Waals surface area contributed by atoms with Crippen LogP contribution in [0.5, 0.6) is 0 Å². The first kappa shape index (κ1) is 13.2.